The predicted octanol–water partition coefficient (Wildman–Crippen LogP) is 3.54. The monoisotopic (exact) mass is 276 g/mol. The molecule has 2 heteroatoms. The first-order chi connectivity index (χ1) is 10.1. The SMILES string of the molecule is Cc1cc(C)c(C[n+]2[c-]n(-c3ccccc3)cc2)c(C)c1. The fraction of sp³-hybridized carbons (Fsp3) is 0.211. The van der Waals surface area contributed by atoms with Gasteiger partial charge in [0.1, 0.15) is 0 Å². The van der Waals surface area contributed by atoms with Gasteiger partial charge in [0.15, 0.2) is 0 Å². The molecule has 0 radical (unpaired) electrons. The first-order valence-electron chi connectivity index (χ1n) is 7.26. The van der Waals surface area contributed by atoms with Gasteiger partial charge >= 0.3 is 0 Å². The molecule has 1 heterocycles. The van der Waals surface area contributed by atoms with E-state index in [1.165, 1.54) is 22.3 Å². The third-order valence-electron chi connectivity index (χ3n) is 3.84. The summed E-state index contributed by atoms with van der Waals surface area (Å²) in [6, 6.07) is 14.8. The molecule has 0 saturated heterocycles. The number of hydrogen-bond acceptors (Lipinski definition) is 0. The van der Waals surface area contributed by atoms with Crippen LogP contribution < -0.4 is 4.57 Å². The third kappa shape index (κ3) is 2.89. The van der Waals surface area contributed by atoms with E-state index >= 15 is 0 Å². The second-order valence-corrected chi connectivity index (χ2v) is 5.61. The highest BCUT2D eigenvalue weighted by Gasteiger charge is 2.07. The Hall–Kier alpha value is -2.35. The Bertz CT molecular complexity index is 731. The van der Waals surface area contributed by atoms with Crippen LogP contribution in [0.15, 0.2) is 54.9 Å². The van der Waals surface area contributed by atoms with Gasteiger partial charge in [-0.15, -0.1) is 0 Å². The first kappa shape index (κ1) is 13.6. The number of benzene rings is 2. The highest BCUT2D eigenvalue weighted by atomic mass is 15.1. The molecule has 1 aromatic heterocycles. The van der Waals surface area contributed by atoms with Gasteiger partial charge in [0.25, 0.3) is 0 Å². The molecule has 0 N–H and O–H groups in total. The standard InChI is InChI=1S/C19H20N2/c1-15-11-16(2)19(17(3)12-15)13-20-9-10-21(14-20)18-7-5-4-6-8-18/h4-12H,13H2,1-3H3. The number of aryl methyl sites for hydroxylation is 3. The fourth-order valence-corrected chi connectivity index (χ4v) is 2.80. The summed E-state index contributed by atoms with van der Waals surface area (Å²) in [6.45, 7) is 7.38. The normalized spacial score (nSPS) is 10.8. The lowest BCUT2D eigenvalue weighted by Gasteiger charge is -2.10. The van der Waals surface area contributed by atoms with Gasteiger partial charge in [0.2, 0.25) is 6.33 Å². The second-order valence-electron chi connectivity index (χ2n) is 5.61. The van der Waals surface area contributed by atoms with Gasteiger partial charge in [-0.3, -0.25) is 0 Å². The predicted molar refractivity (Wildman–Crippen MR) is 84.6 cm³/mol. The highest BCUT2D eigenvalue weighted by molar-refractivity contribution is 5.37. The summed E-state index contributed by atoms with van der Waals surface area (Å²) in [5.41, 5.74) is 6.53. The number of imidazole rings is 1. The zero-order valence-corrected chi connectivity index (χ0v) is 12.8. The molecule has 0 atom stereocenters. The summed E-state index contributed by atoms with van der Waals surface area (Å²) >= 11 is 0. The van der Waals surface area contributed by atoms with Crippen LogP contribution in [0.5, 0.6) is 0 Å². The molecule has 0 spiro atoms. The average molecular weight is 276 g/mol. The van der Waals surface area contributed by atoms with Crippen molar-refractivity contribution in [2.24, 2.45) is 0 Å². The number of hydrogen-bond donors (Lipinski definition) is 0. The average Bonchev–Trinajstić information content (AvgIpc) is 2.92. The van der Waals surface area contributed by atoms with Gasteiger partial charge in [-0.2, -0.15) is 0 Å². The van der Waals surface area contributed by atoms with Crippen LogP contribution in [-0.4, -0.2) is 4.57 Å². The van der Waals surface area contributed by atoms with Crippen molar-refractivity contribution in [2.75, 3.05) is 0 Å². The Morgan fingerprint density at radius 3 is 2.33 bits per heavy atom. The molecule has 3 aromatic rings. The zero-order chi connectivity index (χ0) is 14.8. The molecule has 2 aromatic carbocycles. The summed E-state index contributed by atoms with van der Waals surface area (Å²) < 4.78 is 4.14. The lowest BCUT2D eigenvalue weighted by atomic mass is 10.00. The molecule has 0 saturated carbocycles. The van der Waals surface area contributed by atoms with Gasteiger partial charge in [-0.25, -0.2) is 0 Å². The molecule has 0 fully saturated rings. The smallest absolute Gasteiger partial charge is 0.243 e. The second kappa shape index (κ2) is 5.57. The van der Waals surface area contributed by atoms with Crippen molar-refractivity contribution in [3.63, 3.8) is 0 Å². The van der Waals surface area contributed by atoms with E-state index in [0.29, 0.717) is 0 Å². The highest BCUT2D eigenvalue weighted by Crippen LogP contribution is 2.16. The lowest BCUT2D eigenvalue weighted by Crippen LogP contribution is -2.33. The van der Waals surface area contributed by atoms with E-state index in [4.69, 9.17) is 0 Å². The fourth-order valence-electron chi connectivity index (χ4n) is 2.80. The van der Waals surface area contributed by atoms with E-state index in [9.17, 15) is 0 Å². The van der Waals surface area contributed by atoms with Crippen LogP contribution in [0, 0.1) is 27.1 Å². The molecule has 0 aliphatic heterocycles. The van der Waals surface area contributed by atoms with E-state index in [2.05, 4.69) is 62.1 Å². The van der Waals surface area contributed by atoms with Gasteiger partial charge in [-0.05, 0) is 37.5 Å². The maximum atomic E-state index is 3.38. The molecule has 0 unspecified atom stereocenters. The van der Waals surface area contributed by atoms with Crippen LogP contribution in [0.25, 0.3) is 5.69 Å². The minimum Gasteiger partial charge on any atom is -0.326 e. The Morgan fingerprint density at radius 2 is 1.67 bits per heavy atom. The van der Waals surface area contributed by atoms with E-state index in [-0.39, 0.29) is 0 Å². The van der Waals surface area contributed by atoms with Crippen molar-refractivity contribution < 1.29 is 4.57 Å². The van der Waals surface area contributed by atoms with Crippen LogP contribution in [0.3, 0.4) is 0 Å². The maximum Gasteiger partial charge on any atom is 0.243 e. The molecular formula is C19H20N2. The Labute approximate surface area is 126 Å². The van der Waals surface area contributed by atoms with Gasteiger partial charge in [0, 0.05) is 12.4 Å². The number of nitrogens with zero attached hydrogens (tertiary/aromatic N) is 2. The topological polar surface area (TPSA) is 8.81 Å². The number of para-hydroxylation sites is 1. The minimum atomic E-state index is 0.859. The van der Waals surface area contributed by atoms with E-state index in [1.807, 2.05) is 29.0 Å². The van der Waals surface area contributed by atoms with Crippen molar-refractivity contribution >= 4 is 0 Å². The van der Waals surface area contributed by atoms with Gasteiger partial charge in [0.05, 0.1) is 12.2 Å². The van der Waals surface area contributed by atoms with Crippen LogP contribution >= 0.6 is 0 Å². The van der Waals surface area contributed by atoms with Crippen molar-refractivity contribution in [1.29, 1.82) is 0 Å². The molecule has 2 nitrogen and oxygen atoms in total. The Morgan fingerprint density at radius 1 is 1.00 bits per heavy atom. The summed E-state index contributed by atoms with van der Waals surface area (Å²) in [6.07, 6.45) is 7.51. The van der Waals surface area contributed by atoms with E-state index < -0.39 is 0 Å². The van der Waals surface area contributed by atoms with Crippen molar-refractivity contribution in [1.82, 2.24) is 4.57 Å². The minimum absolute atomic E-state index is 0.859. The molecule has 21 heavy (non-hydrogen) atoms. The van der Waals surface area contributed by atoms with Crippen LogP contribution in [0.4, 0.5) is 0 Å². The molecule has 3 rings (SSSR count). The third-order valence-corrected chi connectivity index (χ3v) is 3.84. The van der Waals surface area contributed by atoms with E-state index in [1.54, 1.807) is 0 Å². The Balaban J connectivity index is 1.89. The van der Waals surface area contributed by atoms with Crippen molar-refractivity contribution in [2.45, 2.75) is 27.3 Å². The van der Waals surface area contributed by atoms with Crippen molar-refractivity contribution in [3.8, 4) is 5.69 Å². The first-order valence-corrected chi connectivity index (χ1v) is 7.26. The summed E-state index contributed by atoms with van der Waals surface area (Å²) in [5.74, 6) is 0. The summed E-state index contributed by atoms with van der Waals surface area (Å²) in [7, 11) is 0. The van der Waals surface area contributed by atoms with Crippen molar-refractivity contribution in [3.05, 3.63) is 83.4 Å². The lowest BCUT2D eigenvalue weighted by molar-refractivity contribution is -0.691. The van der Waals surface area contributed by atoms with Crippen LogP contribution in [0.2, 0.25) is 0 Å². The van der Waals surface area contributed by atoms with Gasteiger partial charge < -0.3 is 9.13 Å². The Kier molecular flexibility index (Phi) is 3.61. The van der Waals surface area contributed by atoms with Crippen LogP contribution in [0.1, 0.15) is 22.3 Å². The number of rotatable bonds is 3. The van der Waals surface area contributed by atoms with Crippen LogP contribution in [-0.2, 0) is 6.54 Å². The summed E-state index contributed by atoms with van der Waals surface area (Å²) in [5, 5.41) is 0. The molecule has 0 aliphatic rings. The number of aromatic nitrogens is 2. The largest absolute Gasteiger partial charge is 0.326 e. The van der Waals surface area contributed by atoms with E-state index in [0.717, 1.165) is 12.2 Å². The molecule has 0 amide bonds. The summed E-state index contributed by atoms with van der Waals surface area (Å²) in [4.78, 5) is 0. The molecule has 0 aliphatic carbocycles. The molecule has 0 bridgehead atoms. The quantitative estimate of drug-likeness (QED) is 0.511. The molecule has 106 valence electrons. The van der Waals surface area contributed by atoms with Gasteiger partial charge in [-0.1, -0.05) is 48.0 Å². The molecular weight excluding hydrogens is 256 g/mol. The maximum absolute atomic E-state index is 3.38. The zero-order valence-electron chi connectivity index (χ0n) is 12.8.